The Hall–Kier alpha value is -1.40. The molecule has 5 nitrogen and oxygen atoms in total. The highest BCUT2D eigenvalue weighted by Crippen LogP contribution is 2.41. The van der Waals surface area contributed by atoms with Crippen molar-refractivity contribution in [3.8, 4) is 0 Å². The number of anilines is 1. The zero-order valence-electron chi connectivity index (χ0n) is 15.0. The maximum atomic E-state index is 13.1. The first-order valence-electron chi connectivity index (χ1n) is 8.50. The van der Waals surface area contributed by atoms with Gasteiger partial charge in [0.2, 0.25) is 15.9 Å². The van der Waals surface area contributed by atoms with Gasteiger partial charge in [-0.05, 0) is 62.3 Å². The highest BCUT2D eigenvalue weighted by atomic mass is 32.2. The third-order valence-electron chi connectivity index (χ3n) is 5.26. The van der Waals surface area contributed by atoms with Gasteiger partial charge in [0.05, 0.1) is 10.3 Å². The van der Waals surface area contributed by atoms with Crippen LogP contribution in [0.3, 0.4) is 0 Å². The van der Waals surface area contributed by atoms with E-state index in [9.17, 15) is 13.2 Å². The van der Waals surface area contributed by atoms with E-state index in [-0.39, 0.29) is 5.91 Å². The van der Waals surface area contributed by atoms with Crippen molar-refractivity contribution in [2.24, 2.45) is 11.8 Å². The first kappa shape index (κ1) is 17.4. The summed E-state index contributed by atoms with van der Waals surface area (Å²) in [4.78, 5) is 12.5. The lowest BCUT2D eigenvalue weighted by atomic mass is 9.85. The molecule has 0 spiro atoms. The van der Waals surface area contributed by atoms with Crippen LogP contribution in [0.4, 0.5) is 5.69 Å². The van der Waals surface area contributed by atoms with Gasteiger partial charge in [-0.3, -0.25) is 4.79 Å². The molecule has 1 saturated heterocycles. The quantitative estimate of drug-likeness (QED) is 0.892. The van der Waals surface area contributed by atoms with Gasteiger partial charge in [-0.25, -0.2) is 8.42 Å². The Balaban J connectivity index is 2.06. The number of rotatable bonds is 2. The lowest BCUT2D eigenvalue weighted by Crippen LogP contribution is -2.42. The molecule has 2 aliphatic heterocycles. The van der Waals surface area contributed by atoms with E-state index < -0.39 is 15.4 Å². The Morgan fingerprint density at radius 1 is 1.17 bits per heavy atom. The molecule has 1 N–H and O–H groups in total. The summed E-state index contributed by atoms with van der Waals surface area (Å²) in [7, 11) is -3.55. The van der Waals surface area contributed by atoms with Crippen LogP contribution < -0.4 is 5.32 Å². The second-order valence-electron chi connectivity index (χ2n) is 8.01. The molecule has 0 aliphatic carbocycles. The van der Waals surface area contributed by atoms with Crippen molar-refractivity contribution < 1.29 is 13.2 Å². The molecule has 1 aromatic carbocycles. The predicted octanol–water partition coefficient (Wildman–Crippen LogP) is 2.89. The number of carbonyl (C=O) groups excluding carboxylic acids is 1. The minimum absolute atomic E-state index is 0.0876. The smallest absolute Gasteiger partial charge is 0.243 e. The summed E-state index contributed by atoms with van der Waals surface area (Å²) in [6, 6.07) is 3.36. The molecule has 2 unspecified atom stereocenters. The van der Waals surface area contributed by atoms with Gasteiger partial charge in [0.1, 0.15) is 0 Å². The second kappa shape index (κ2) is 5.56. The predicted molar refractivity (Wildman–Crippen MR) is 94.5 cm³/mol. The molecule has 0 radical (unpaired) electrons. The number of amides is 1. The van der Waals surface area contributed by atoms with Crippen molar-refractivity contribution in [3.63, 3.8) is 0 Å². The minimum atomic E-state index is -3.55. The number of fused-ring (bicyclic) bond motifs is 1. The monoisotopic (exact) mass is 350 g/mol. The third kappa shape index (κ3) is 2.65. The van der Waals surface area contributed by atoms with Gasteiger partial charge in [-0.15, -0.1) is 0 Å². The molecule has 0 saturated carbocycles. The number of hydrogen-bond donors (Lipinski definition) is 1. The molecule has 6 heteroatoms. The Kier molecular flexibility index (Phi) is 4.04. The summed E-state index contributed by atoms with van der Waals surface area (Å²) in [5, 5.41) is 2.88. The number of piperidine rings is 1. The van der Waals surface area contributed by atoms with Crippen molar-refractivity contribution in [2.45, 2.75) is 51.3 Å². The summed E-state index contributed by atoms with van der Waals surface area (Å²) >= 11 is 0. The molecule has 0 bridgehead atoms. The van der Waals surface area contributed by atoms with E-state index >= 15 is 0 Å². The first-order valence-corrected chi connectivity index (χ1v) is 9.94. The molecule has 24 heavy (non-hydrogen) atoms. The van der Waals surface area contributed by atoms with Crippen LogP contribution in [-0.2, 0) is 20.2 Å². The van der Waals surface area contributed by atoms with E-state index in [0.717, 1.165) is 23.2 Å². The van der Waals surface area contributed by atoms with Gasteiger partial charge in [-0.2, -0.15) is 4.31 Å². The number of aryl methyl sites for hydroxylation is 1. The van der Waals surface area contributed by atoms with Gasteiger partial charge in [0.25, 0.3) is 0 Å². The van der Waals surface area contributed by atoms with E-state index in [1.807, 2.05) is 20.8 Å². The molecule has 1 fully saturated rings. The van der Waals surface area contributed by atoms with E-state index in [2.05, 4.69) is 19.2 Å². The molecule has 2 heterocycles. The fourth-order valence-corrected chi connectivity index (χ4v) is 5.70. The van der Waals surface area contributed by atoms with E-state index in [4.69, 9.17) is 0 Å². The standard InChI is InChI=1S/C18H26N2O3S/c1-11-6-12(2)10-20(9-11)24(22,23)14-7-13(3)16-15(8-14)18(4,5)17(21)19-16/h7-8,11-12H,6,9-10H2,1-5H3,(H,19,21). The number of benzene rings is 1. The molecule has 2 aliphatic rings. The molecule has 2 atom stereocenters. The molecule has 132 valence electrons. The van der Waals surface area contributed by atoms with Crippen molar-refractivity contribution in [1.82, 2.24) is 4.31 Å². The molecular formula is C18H26N2O3S. The molecule has 3 rings (SSSR count). The minimum Gasteiger partial charge on any atom is -0.325 e. The van der Waals surface area contributed by atoms with E-state index in [1.54, 1.807) is 16.4 Å². The molecule has 1 amide bonds. The second-order valence-corrected chi connectivity index (χ2v) is 9.95. The molecule has 1 aromatic rings. The fourth-order valence-electron chi connectivity index (χ4n) is 3.91. The van der Waals surface area contributed by atoms with Crippen LogP contribution in [0.15, 0.2) is 17.0 Å². The highest BCUT2D eigenvalue weighted by molar-refractivity contribution is 7.89. The average molecular weight is 350 g/mol. The van der Waals surface area contributed by atoms with Gasteiger partial charge in [0.15, 0.2) is 0 Å². The number of carbonyl (C=O) groups is 1. The Morgan fingerprint density at radius 2 is 1.75 bits per heavy atom. The van der Waals surface area contributed by atoms with Crippen LogP contribution >= 0.6 is 0 Å². The zero-order chi connectivity index (χ0) is 17.9. The number of hydrogen-bond acceptors (Lipinski definition) is 3. The van der Waals surface area contributed by atoms with Gasteiger partial charge < -0.3 is 5.32 Å². The maximum Gasteiger partial charge on any atom is 0.243 e. The van der Waals surface area contributed by atoms with Crippen molar-refractivity contribution in [3.05, 3.63) is 23.3 Å². The van der Waals surface area contributed by atoms with Crippen LogP contribution in [-0.4, -0.2) is 31.7 Å². The van der Waals surface area contributed by atoms with Crippen LogP contribution in [0.5, 0.6) is 0 Å². The zero-order valence-corrected chi connectivity index (χ0v) is 15.8. The van der Waals surface area contributed by atoms with E-state index in [1.165, 1.54) is 0 Å². The van der Waals surface area contributed by atoms with Crippen LogP contribution in [0.1, 0.15) is 45.2 Å². The Labute approximate surface area is 144 Å². The normalized spacial score (nSPS) is 27.0. The van der Waals surface area contributed by atoms with E-state index in [0.29, 0.717) is 29.8 Å². The molecular weight excluding hydrogens is 324 g/mol. The summed E-state index contributed by atoms with van der Waals surface area (Å²) in [5.74, 6) is 0.632. The first-order chi connectivity index (χ1) is 11.0. The highest BCUT2D eigenvalue weighted by Gasteiger charge is 2.41. The largest absolute Gasteiger partial charge is 0.325 e. The SMILES string of the molecule is Cc1cc(S(=O)(=O)N2CC(C)CC(C)C2)cc2c1NC(=O)C2(C)C. The number of nitrogens with one attached hydrogen (secondary N) is 1. The van der Waals surface area contributed by atoms with Gasteiger partial charge in [-0.1, -0.05) is 13.8 Å². The summed E-state index contributed by atoms with van der Waals surface area (Å²) in [5.41, 5.74) is 1.60. The summed E-state index contributed by atoms with van der Waals surface area (Å²) in [6.45, 7) is 10.8. The topological polar surface area (TPSA) is 66.5 Å². The van der Waals surface area contributed by atoms with Crippen LogP contribution in [0, 0.1) is 18.8 Å². The maximum absolute atomic E-state index is 13.1. The third-order valence-corrected chi connectivity index (χ3v) is 7.07. The van der Waals surface area contributed by atoms with Crippen molar-refractivity contribution in [2.75, 3.05) is 18.4 Å². The van der Waals surface area contributed by atoms with Crippen LogP contribution in [0.25, 0.3) is 0 Å². The number of nitrogens with zero attached hydrogens (tertiary/aromatic N) is 1. The Morgan fingerprint density at radius 3 is 2.33 bits per heavy atom. The van der Waals surface area contributed by atoms with Gasteiger partial charge >= 0.3 is 0 Å². The fraction of sp³-hybridized carbons (Fsp3) is 0.611. The van der Waals surface area contributed by atoms with Gasteiger partial charge in [0, 0.05) is 18.8 Å². The van der Waals surface area contributed by atoms with Crippen LogP contribution in [0.2, 0.25) is 0 Å². The summed E-state index contributed by atoms with van der Waals surface area (Å²) < 4.78 is 27.9. The number of sulfonamides is 1. The lowest BCUT2D eigenvalue weighted by Gasteiger charge is -2.34. The van der Waals surface area contributed by atoms with Crippen molar-refractivity contribution >= 4 is 21.6 Å². The molecule has 0 aromatic heterocycles. The summed E-state index contributed by atoms with van der Waals surface area (Å²) in [6.07, 6.45) is 1.06. The van der Waals surface area contributed by atoms with Crippen molar-refractivity contribution in [1.29, 1.82) is 0 Å². The lowest BCUT2D eigenvalue weighted by molar-refractivity contribution is -0.119. The Bertz CT molecular complexity index is 789. The average Bonchev–Trinajstić information content (AvgIpc) is 2.69.